The summed E-state index contributed by atoms with van der Waals surface area (Å²) in [4.78, 5) is 1.47. The van der Waals surface area contributed by atoms with Crippen LogP contribution >= 0.6 is 27.3 Å². The highest BCUT2D eigenvalue weighted by molar-refractivity contribution is 9.11. The van der Waals surface area contributed by atoms with Gasteiger partial charge in [-0.2, -0.15) is 0 Å². The summed E-state index contributed by atoms with van der Waals surface area (Å²) in [5.41, 5.74) is 0. The Morgan fingerprint density at radius 3 is 2.54 bits per heavy atom. The molecule has 0 aromatic carbocycles. The van der Waals surface area contributed by atoms with Gasteiger partial charge in [0.05, 0.1) is 3.79 Å². The number of thiophene rings is 1. The maximum atomic E-state index is 3.50. The lowest BCUT2D eigenvalue weighted by Gasteiger charge is -2.18. The van der Waals surface area contributed by atoms with Crippen molar-refractivity contribution in [1.82, 2.24) is 5.32 Å². The number of hydrogen-bond donors (Lipinski definition) is 1. The molecule has 0 saturated carbocycles. The Labute approximate surface area is 92.7 Å². The zero-order chi connectivity index (χ0) is 9.84. The highest BCUT2D eigenvalue weighted by Crippen LogP contribution is 2.32. The van der Waals surface area contributed by atoms with Crippen molar-refractivity contribution in [2.45, 2.75) is 19.8 Å². The fourth-order valence-electron chi connectivity index (χ4n) is 1.41. The molecule has 1 N–H and O–H groups in total. The minimum absolute atomic E-state index is 0.640. The van der Waals surface area contributed by atoms with Crippen LogP contribution in [0.3, 0.4) is 0 Å². The van der Waals surface area contributed by atoms with Crippen molar-refractivity contribution in [3.63, 3.8) is 0 Å². The molecule has 1 rings (SSSR count). The number of hydrogen-bond acceptors (Lipinski definition) is 2. The molecule has 0 aliphatic heterocycles. The Kier molecular flexibility index (Phi) is 4.42. The van der Waals surface area contributed by atoms with Crippen molar-refractivity contribution < 1.29 is 0 Å². The lowest BCUT2D eigenvalue weighted by molar-refractivity contribution is 0.485. The molecule has 0 spiro atoms. The Balaban J connectivity index is 2.75. The molecule has 1 nitrogen and oxygen atoms in total. The van der Waals surface area contributed by atoms with Gasteiger partial charge in [0.15, 0.2) is 0 Å². The average Bonchev–Trinajstić information content (AvgIpc) is 2.46. The van der Waals surface area contributed by atoms with Crippen molar-refractivity contribution in [2.75, 3.05) is 13.6 Å². The molecule has 0 amide bonds. The summed E-state index contributed by atoms with van der Waals surface area (Å²) in [6.07, 6.45) is 0. The molecule has 1 aromatic heterocycles. The molecule has 1 unspecified atom stereocenters. The second kappa shape index (κ2) is 5.13. The van der Waals surface area contributed by atoms with Crippen molar-refractivity contribution in [2.24, 2.45) is 5.92 Å². The van der Waals surface area contributed by atoms with Gasteiger partial charge in [0, 0.05) is 17.3 Å². The van der Waals surface area contributed by atoms with Gasteiger partial charge in [0.25, 0.3) is 0 Å². The summed E-state index contributed by atoms with van der Waals surface area (Å²) in [6, 6.07) is 4.35. The van der Waals surface area contributed by atoms with Gasteiger partial charge in [0.1, 0.15) is 0 Å². The molecule has 0 bridgehead atoms. The quantitative estimate of drug-likeness (QED) is 0.876. The van der Waals surface area contributed by atoms with Gasteiger partial charge in [-0.05, 0) is 41.0 Å². The summed E-state index contributed by atoms with van der Waals surface area (Å²) < 4.78 is 1.23. The minimum atomic E-state index is 0.640. The van der Waals surface area contributed by atoms with Crippen LogP contribution < -0.4 is 5.32 Å². The third-order valence-corrected chi connectivity index (χ3v) is 3.94. The van der Waals surface area contributed by atoms with Gasteiger partial charge < -0.3 is 5.32 Å². The van der Waals surface area contributed by atoms with E-state index >= 15 is 0 Å². The van der Waals surface area contributed by atoms with E-state index in [0.717, 1.165) is 6.54 Å². The SMILES string of the molecule is CNCC(c1ccc(Br)s1)C(C)C. The topological polar surface area (TPSA) is 12.0 Å². The van der Waals surface area contributed by atoms with Crippen molar-refractivity contribution >= 4 is 27.3 Å². The van der Waals surface area contributed by atoms with E-state index in [-0.39, 0.29) is 0 Å². The number of halogens is 1. The van der Waals surface area contributed by atoms with Crippen LogP contribution in [-0.4, -0.2) is 13.6 Å². The molecule has 0 radical (unpaired) electrons. The molecule has 74 valence electrons. The second-order valence-electron chi connectivity index (χ2n) is 3.55. The van der Waals surface area contributed by atoms with Crippen LogP contribution in [0, 0.1) is 5.92 Å². The van der Waals surface area contributed by atoms with Crippen molar-refractivity contribution in [1.29, 1.82) is 0 Å². The second-order valence-corrected chi connectivity index (χ2v) is 6.04. The fraction of sp³-hybridized carbons (Fsp3) is 0.600. The van der Waals surface area contributed by atoms with Crippen LogP contribution in [0.5, 0.6) is 0 Å². The smallest absolute Gasteiger partial charge is 0.0701 e. The predicted octanol–water partition coefficient (Wildman–Crippen LogP) is 3.47. The summed E-state index contributed by atoms with van der Waals surface area (Å²) >= 11 is 5.34. The molecule has 0 aliphatic carbocycles. The van der Waals surface area contributed by atoms with Crippen LogP contribution in [0.25, 0.3) is 0 Å². The minimum Gasteiger partial charge on any atom is -0.319 e. The average molecular weight is 262 g/mol. The summed E-state index contributed by atoms with van der Waals surface area (Å²) in [5.74, 6) is 1.33. The first kappa shape index (κ1) is 11.2. The highest BCUT2D eigenvalue weighted by atomic mass is 79.9. The molecule has 0 fully saturated rings. The van der Waals surface area contributed by atoms with E-state index in [9.17, 15) is 0 Å². The summed E-state index contributed by atoms with van der Waals surface area (Å²) in [5, 5.41) is 3.25. The summed E-state index contributed by atoms with van der Waals surface area (Å²) in [7, 11) is 2.01. The van der Waals surface area contributed by atoms with E-state index in [0.29, 0.717) is 11.8 Å². The maximum Gasteiger partial charge on any atom is 0.0701 e. The van der Waals surface area contributed by atoms with E-state index in [1.807, 2.05) is 18.4 Å². The first-order valence-electron chi connectivity index (χ1n) is 4.55. The summed E-state index contributed by atoms with van der Waals surface area (Å²) in [6.45, 7) is 5.61. The first-order chi connectivity index (χ1) is 6.15. The van der Waals surface area contributed by atoms with Gasteiger partial charge in [-0.3, -0.25) is 0 Å². The van der Waals surface area contributed by atoms with Gasteiger partial charge in [-0.1, -0.05) is 13.8 Å². The van der Waals surface area contributed by atoms with Gasteiger partial charge in [-0.25, -0.2) is 0 Å². The molecule has 13 heavy (non-hydrogen) atoms. The molecule has 0 aliphatic rings. The monoisotopic (exact) mass is 261 g/mol. The van der Waals surface area contributed by atoms with Crippen LogP contribution in [0.2, 0.25) is 0 Å². The van der Waals surface area contributed by atoms with E-state index in [1.165, 1.54) is 8.66 Å². The predicted molar refractivity (Wildman–Crippen MR) is 63.5 cm³/mol. The number of nitrogens with one attached hydrogen (secondary N) is 1. The van der Waals surface area contributed by atoms with E-state index in [1.54, 1.807) is 0 Å². The van der Waals surface area contributed by atoms with E-state index in [4.69, 9.17) is 0 Å². The Morgan fingerprint density at radius 2 is 2.15 bits per heavy atom. The standard InChI is InChI=1S/C10H16BrNS/c1-7(2)8(6-12-3)9-4-5-10(11)13-9/h4-5,7-8,12H,6H2,1-3H3. The Morgan fingerprint density at radius 1 is 1.46 bits per heavy atom. The third kappa shape index (κ3) is 3.08. The van der Waals surface area contributed by atoms with Crippen molar-refractivity contribution in [3.05, 3.63) is 20.8 Å². The number of likely N-dealkylation sites (N-methyl/N-ethyl adjacent to an activating group) is 1. The molecule has 1 heterocycles. The van der Waals surface area contributed by atoms with Gasteiger partial charge in [-0.15, -0.1) is 11.3 Å². The largest absolute Gasteiger partial charge is 0.319 e. The third-order valence-electron chi connectivity index (χ3n) is 2.19. The Hall–Kier alpha value is 0.140. The number of rotatable bonds is 4. The molecule has 1 aromatic rings. The lowest BCUT2D eigenvalue weighted by Crippen LogP contribution is -2.20. The van der Waals surface area contributed by atoms with E-state index in [2.05, 4.69) is 47.2 Å². The van der Waals surface area contributed by atoms with Crippen molar-refractivity contribution in [3.8, 4) is 0 Å². The van der Waals surface area contributed by atoms with Gasteiger partial charge >= 0.3 is 0 Å². The van der Waals surface area contributed by atoms with Crippen LogP contribution in [0.4, 0.5) is 0 Å². The van der Waals surface area contributed by atoms with Crippen LogP contribution in [0.1, 0.15) is 24.6 Å². The normalized spacial score (nSPS) is 13.6. The maximum absolute atomic E-state index is 3.50. The van der Waals surface area contributed by atoms with E-state index < -0.39 is 0 Å². The molecular weight excluding hydrogens is 246 g/mol. The molecular formula is C10H16BrNS. The van der Waals surface area contributed by atoms with Crippen LogP contribution in [-0.2, 0) is 0 Å². The first-order valence-corrected chi connectivity index (χ1v) is 6.16. The zero-order valence-corrected chi connectivity index (χ0v) is 10.7. The Bertz CT molecular complexity index is 257. The lowest BCUT2D eigenvalue weighted by atomic mass is 9.94. The van der Waals surface area contributed by atoms with Crippen LogP contribution in [0.15, 0.2) is 15.9 Å². The highest BCUT2D eigenvalue weighted by Gasteiger charge is 2.16. The van der Waals surface area contributed by atoms with Gasteiger partial charge in [0.2, 0.25) is 0 Å². The molecule has 3 heteroatoms. The fourth-order valence-corrected chi connectivity index (χ4v) is 3.11. The molecule has 1 atom stereocenters. The molecule has 0 saturated heterocycles. The zero-order valence-electron chi connectivity index (χ0n) is 8.30.